The van der Waals surface area contributed by atoms with Crippen molar-refractivity contribution in [1.82, 2.24) is 19.5 Å². The van der Waals surface area contributed by atoms with Crippen molar-refractivity contribution in [2.45, 2.75) is 20.4 Å². The first-order chi connectivity index (χ1) is 9.10. The standard InChI is InChI=1S/C14H17N5/c1-8-16-12(7-15)14(17-8)10-4-5-13-11(6-10)18-9(2)19(13)3/h4-6H,7,15H2,1-3H3,(H,16,17). The number of aryl methyl sites for hydroxylation is 3. The summed E-state index contributed by atoms with van der Waals surface area (Å²) < 4.78 is 2.08. The van der Waals surface area contributed by atoms with Gasteiger partial charge in [0.2, 0.25) is 0 Å². The molecule has 3 aromatic rings. The summed E-state index contributed by atoms with van der Waals surface area (Å²) in [5.41, 5.74) is 10.8. The fraction of sp³-hybridized carbons (Fsp3) is 0.286. The number of aromatic nitrogens is 4. The molecule has 19 heavy (non-hydrogen) atoms. The van der Waals surface area contributed by atoms with Crippen LogP contribution in [0.5, 0.6) is 0 Å². The van der Waals surface area contributed by atoms with Gasteiger partial charge in [-0.3, -0.25) is 0 Å². The third-order valence-corrected chi connectivity index (χ3v) is 3.48. The molecule has 0 spiro atoms. The molecule has 1 aromatic carbocycles. The smallest absolute Gasteiger partial charge is 0.106 e. The molecule has 0 fully saturated rings. The highest BCUT2D eigenvalue weighted by atomic mass is 15.0. The Morgan fingerprint density at radius 2 is 2.05 bits per heavy atom. The van der Waals surface area contributed by atoms with Gasteiger partial charge >= 0.3 is 0 Å². The first-order valence-electron chi connectivity index (χ1n) is 6.29. The molecule has 0 atom stereocenters. The average Bonchev–Trinajstić information content (AvgIpc) is 2.91. The summed E-state index contributed by atoms with van der Waals surface area (Å²) in [6, 6.07) is 6.21. The fourth-order valence-corrected chi connectivity index (χ4v) is 2.39. The van der Waals surface area contributed by atoms with Gasteiger partial charge < -0.3 is 15.3 Å². The number of nitrogens with two attached hydrogens (primary N) is 1. The van der Waals surface area contributed by atoms with Crippen molar-refractivity contribution >= 4 is 11.0 Å². The van der Waals surface area contributed by atoms with Gasteiger partial charge in [-0.05, 0) is 26.0 Å². The molecular formula is C14H17N5. The van der Waals surface area contributed by atoms with Gasteiger partial charge in [0.25, 0.3) is 0 Å². The van der Waals surface area contributed by atoms with E-state index in [0.29, 0.717) is 6.54 Å². The summed E-state index contributed by atoms with van der Waals surface area (Å²) in [5, 5.41) is 0. The minimum Gasteiger partial charge on any atom is -0.345 e. The van der Waals surface area contributed by atoms with Crippen LogP contribution in [0.1, 0.15) is 17.3 Å². The van der Waals surface area contributed by atoms with Crippen molar-refractivity contribution in [2.24, 2.45) is 12.8 Å². The van der Waals surface area contributed by atoms with Crippen molar-refractivity contribution in [3.05, 3.63) is 35.5 Å². The number of imidazole rings is 2. The lowest BCUT2D eigenvalue weighted by atomic mass is 10.1. The first kappa shape index (κ1) is 11.9. The van der Waals surface area contributed by atoms with E-state index >= 15 is 0 Å². The Morgan fingerprint density at radius 1 is 1.26 bits per heavy atom. The van der Waals surface area contributed by atoms with Crippen LogP contribution in [0.2, 0.25) is 0 Å². The van der Waals surface area contributed by atoms with E-state index in [9.17, 15) is 0 Å². The minimum absolute atomic E-state index is 0.454. The van der Waals surface area contributed by atoms with Crippen LogP contribution in [0.4, 0.5) is 0 Å². The summed E-state index contributed by atoms with van der Waals surface area (Å²) in [5.74, 6) is 1.89. The number of rotatable bonds is 2. The highest BCUT2D eigenvalue weighted by Gasteiger charge is 2.11. The Labute approximate surface area is 111 Å². The van der Waals surface area contributed by atoms with Crippen molar-refractivity contribution in [3.8, 4) is 11.3 Å². The van der Waals surface area contributed by atoms with E-state index < -0.39 is 0 Å². The quantitative estimate of drug-likeness (QED) is 0.736. The van der Waals surface area contributed by atoms with Gasteiger partial charge in [-0.2, -0.15) is 0 Å². The zero-order valence-electron chi connectivity index (χ0n) is 11.4. The lowest BCUT2D eigenvalue weighted by molar-refractivity contribution is 0.886. The van der Waals surface area contributed by atoms with Gasteiger partial charge in [0.1, 0.15) is 11.6 Å². The van der Waals surface area contributed by atoms with E-state index in [0.717, 1.165) is 39.6 Å². The molecule has 0 amide bonds. The molecule has 0 radical (unpaired) electrons. The Hall–Kier alpha value is -2.14. The summed E-state index contributed by atoms with van der Waals surface area (Å²) in [6.07, 6.45) is 0. The van der Waals surface area contributed by atoms with Gasteiger partial charge in [0, 0.05) is 19.2 Å². The Balaban J connectivity index is 2.20. The summed E-state index contributed by atoms with van der Waals surface area (Å²) in [4.78, 5) is 12.3. The van der Waals surface area contributed by atoms with E-state index in [1.54, 1.807) is 0 Å². The van der Waals surface area contributed by atoms with E-state index in [-0.39, 0.29) is 0 Å². The highest BCUT2D eigenvalue weighted by molar-refractivity contribution is 5.82. The molecule has 0 saturated heterocycles. The van der Waals surface area contributed by atoms with E-state index in [1.807, 2.05) is 20.9 Å². The van der Waals surface area contributed by atoms with Crippen molar-refractivity contribution < 1.29 is 0 Å². The number of H-pyrrole nitrogens is 1. The lowest BCUT2D eigenvalue weighted by Crippen LogP contribution is -1.98. The monoisotopic (exact) mass is 255 g/mol. The normalized spacial score (nSPS) is 11.4. The van der Waals surface area contributed by atoms with Crippen LogP contribution in [-0.2, 0) is 13.6 Å². The summed E-state index contributed by atoms with van der Waals surface area (Å²) >= 11 is 0. The van der Waals surface area contributed by atoms with E-state index in [1.165, 1.54) is 0 Å². The molecule has 0 bridgehead atoms. The highest BCUT2D eigenvalue weighted by Crippen LogP contribution is 2.25. The van der Waals surface area contributed by atoms with E-state index in [2.05, 4.69) is 37.7 Å². The number of nitrogens with one attached hydrogen (secondary N) is 1. The Kier molecular flexibility index (Phi) is 2.64. The number of aromatic amines is 1. The third-order valence-electron chi connectivity index (χ3n) is 3.48. The van der Waals surface area contributed by atoms with Crippen molar-refractivity contribution in [2.75, 3.05) is 0 Å². The molecule has 2 heterocycles. The van der Waals surface area contributed by atoms with Gasteiger partial charge in [0.15, 0.2) is 0 Å². The molecule has 3 N–H and O–H groups in total. The minimum atomic E-state index is 0.454. The van der Waals surface area contributed by atoms with Crippen LogP contribution in [0.25, 0.3) is 22.3 Å². The average molecular weight is 255 g/mol. The number of fused-ring (bicyclic) bond motifs is 1. The van der Waals surface area contributed by atoms with Crippen LogP contribution in [-0.4, -0.2) is 19.5 Å². The molecule has 3 rings (SSSR count). The second-order valence-corrected chi connectivity index (χ2v) is 4.78. The van der Waals surface area contributed by atoms with Crippen LogP contribution >= 0.6 is 0 Å². The zero-order valence-corrected chi connectivity index (χ0v) is 11.4. The Bertz CT molecular complexity index is 751. The second-order valence-electron chi connectivity index (χ2n) is 4.78. The molecule has 0 saturated carbocycles. The molecule has 0 aliphatic rings. The maximum atomic E-state index is 5.75. The lowest BCUT2D eigenvalue weighted by Gasteiger charge is -2.01. The van der Waals surface area contributed by atoms with Crippen LogP contribution in [0.15, 0.2) is 18.2 Å². The molecule has 0 unspecified atom stereocenters. The molecular weight excluding hydrogens is 238 g/mol. The van der Waals surface area contributed by atoms with Gasteiger partial charge in [0.05, 0.1) is 22.4 Å². The number of nitrogens with zero attached hydrogens (tertiary/aromatic N) is 3. The topological polar surface area (TPSA) is 72.5 Å². The van der Waals surface area contributed by atoms with Crippen molar-refractivity contribution in [1.29, 1.82) is 0 Å². The maximum Gasteiger partial charge on any atom is 0.106 e. The second kappa shape index (κ2) is 4.20. The molecule has 2 aromatic heterocycles. The Morgan fingerprint density at radius 3 is 2.79 bits per heavy atom. The van der Waals surface area contributed by atoms with Crippen LogP contribution < -0.4 is 5.73 Å². The zero-order chi connectivity index (χ0) is 13.6. The number of benzene rings is 1. The van der Waals surface area contributed by atoms with Gasteiger partial charge in [-0.15, -0.1) is 0 Å². The molecule has 98 valence electrons. The number of hydrogen-bond acceptors (Lipinski definition) is 3. The molecule has 0 aliphatic carbocycles. The van der Waals surface area contributed by atoms with Gasteiger partial charge in [-0.1, -0.05) is 6.07 Å². The van der Waals surface area contributed by atoms with Crippen molar-refractivity contribution in [3.63, 3.8) is 0 Å². The van der Waals surface area contributed by atoms with E-state index in [4.69, 9.17) is 5.73 Å². The molecule has 0 aliphatic heterocycles. The summed E-state index contributed by atoms with van der Waals surface area (Å²) in [6.45, 7) is 4.39. The summed E-state index contributed by atoms with van der Waals surface area (Å²) in [7, 11) is 2.02. The third kappa shape index (κ3) is 1.82. The van der Waals surface area contributed by atoms with Crippen LogP contribution in [0.3, 0.4) is 0 Å². The fourth-order valence-electron chi connectivity index (χ4n) is 2.39. The molecule has 5 heteroatoms. The predicted octanol–water partition coefficient (Wildman–Crippen LogP) is 2.04. The molecule has 5 nitrogen and oxygen atoms in total. The number of hydrogen-bond donors (Lipinski definition) is 2. The predicted molar refractivity (Wildman–Crippen MR) is 75.7 cm³/mol. The SMILES string of the molecule is Cc1nc(-c2ccc3c(c2)nc(C)n3C)c(CN)[nH]1. The van der Waals surface area contributed by atoms with Crippen LogP contribution in [0, 0.1) is 13.8 Å². The first-order valence-corrected chi connectivity index (χ1v) is 6.29. The van der Waals surface area contributed by atoms with Gasteiger partial charge in [-0.25, -0.2) is 9.97 Å². The maximum absolute atomic E-state index is 5.75. The largest absolute Gasteiger partial charge is 0.345 e.